The van der Waals surface area contributed by atoms with E-state index >= 15 is 0 Å². The molecule has 0 saturated heterocycles. The van der Waals surface area contributed by atoms with Crippen LogP contribution in [0.3, 0.4) is 0 Å². The lowest BCUT2D eigenvalue weighted by molar-refractivity contribution is 0.103. The summed E-state index contributed by atoms with van der Waals surface area (Å²) in [5.74, 6) is -3.43. The van der Waals surface area contributed by atoms with Crippen LogP contribution in [0.2, 0.25) is 0 Å². The Morgan fingerprint density at radius 1 is 0.958 bits per heavy atom. The molecule has 24 heavy (non-hydrogen) atoms. The van der Waals surface area contributed by atoms with Crippen LogP contribution < -0.4 is 0 Å². The molecule has 2 rings (SSSR count). The number of hydrogen-bond donors (Lipinski definition) is 2. The van der Waals surface area contributed by atoms with E-state index in [9.17, 15) is 30.4 Å². The summed E-state index contributed by atoms with van der Waals surface area (Å²) in [6.07, 6.45) is -0.180. The highest BCUT2D eigenvalue weighted by Crippen LogP contribution is 2.41. The average Bonchev–Trinajstić information content (AvgIpc) is 2.45. The Balaban J connectivity index is 2.58. The Labute approximate surface area is 135 Å². The molecule has 0 saturated carbocycles. The molecule has 2 N–H and O–H groups in total. The van der Waals surface area contributed by atoms with Crippen molar-refractivity contribution in [3.05, 3.63) is 59.2 Å². The van der Waals surface area contributed by atoms with Gasteiger partial charge in [-0.05, 0) is 30.3 Å². The normalized spacial score (nSPS) is 17.8. The van der Waals surface area contributed by atoms with Crippen molar-refractivity contribution < 1.29 is 39.5 Å². The van der Waals surface area contributed by atoms with Crippen LogP contribution in [0.4, 0.5) is 8.78 Å². The first-order valence-electron chi connectivity index (χ1n) is 6.21. The van der Waals surface area contributed by atoms with Crippen LogP contribution in [-0.4, -0.2) is 35.8 Å². The molecule has 0 heterocycles. The van der Waals surface area contributed by atoms with E-state index in [1.165, 1.54) is 0 Å². The molecular weight excluding hydrogens is 370 g/mol. The molecule has 130 valence electrons. The van der Waals surface area contributed by atoms with Crippen LogP contribution in [0, 0.1) is 5.82 Å². The Kier molecular flexibility index (Phi) is 4.48. The summed E-state index contributed by atoms with van der Waals surface area (Å²) in [6, 6.07) is 3.98. The Hall–Kier alpha value is -1.95. The number of Topliss-reactive ketones (excluding diaryl/α,β-unsaturated/α-hetero) is 1. The monoisotopic (exact) mass is 380 g/mol. The van der Waals surface area contributed by atoms with Gasteiger partial charge < -0.3 is 0 Å². The van der Waals surface area contributed by atoms with Crippen LogP contribution in [0.25, 0.3) is 0 Å². The zero-order valence-corrected chi connectivity index (χ0v) is 13.3. The molecule has 1 aliphatic carbocycles. The first kappa shape index (κ1) is 18.4. The second-order valence-electron chi connectivity index (χ2n) is 4.92. The van der Waals surface area contributed by atoms with Gasteiger partial charge in [0.25, 0.3) is 24.3 Å². The lowest BCUT2D eigenvalue weighted by atomic mass is 9.95. The van der Waals surface area contributed by atoms with Crippen LogP contribution in [-0.2, 0) is 20.2 Å². The summed E-state index contributed by atoms with van der Waals surface area (Å²) < 4.78 is 87.3. The van der Waals surface area contributed by atoms with Crippen LogP contribution >= 0.6 is 0 Å². The molecule has 7 nitrogen and oxygen atoms in total. The third-order valence-corrected chi connectivity index (χ3v) is 7.06. The molecule has 0 atom stereocenters. The van der Waals surface area contributed by atoms with Crippen molar-refractivity contribution in [1.29, 1.82) is 0 Å². The number of allylic oxidation sites excluding steroid dienone is 3. The number of rotatable bonds is 4. The van der Waals surface area contributed by atoms with Gasteiger partial charge in [-0.15, -0.1) is 0 Å². The number of carbonyl (C=O) groups is 1. The highest BCUT2D eigenvalue weighted by Gasteiger charge is 2.60. The van der Waals surface area contributed by atoms with Gasteiger partial charge in [-0.25, -0.2) is 8.78 Å². The predicted molar refractivity (Wildman–Crippen MR) is 78.4 cm³/mol. The fourth-order valence-corrected chi connectivity index (χ4v) is 4.57. The SMILES string of the molecule is O=C(C1=CC=C(F)C(S(=O)(=O)O)(S(=O)(=O)O)C1)c1ccc(F)cc1. The molecule has 0 aliphatic heterocycles. The van der Waals surface area contributed by atoms with Gasteiger partial charge in [0.15, 0.2) is 5.78 Å². The number of halogens is 2. The third-order valence-electron chi connectivity index (χ3n) is 3.45. The van der Waals surface area contributed by atoms with Gasteiger partial charge in [0.05, 0.1) is 0 Å². The summed E-state index contributed by atoms with van der Waals surface area (Å²) in [6.45, 7) is 0. The molecule has 1 aliphatic rings. The maximum absolute atomic E-state index is 14.0. The van der Waals surface area contributed by atoms with Crippen molar-refractivity contribution in [1.82, 2.24) is 0 Å². The molecule has 1 aromatic rings. The van der Waals surface area contributed by atoms with Crippen LogP contribution in [0.5, 0.6) is 0 Å². The summed E-state index contributed by atoms with van der Waals surface area (Å²) in [4.78, 5) is 12.3. The predicted octanol–water partition coefficient (Wildman–Crippen LogP) is 1.66. The minimum atomic E-state index is -5.68. The Bertz CT molecular complexity index is 926. The highest BCUT2D eigenvalue weighted by atomic mass is 32.3. The highest BCUT2D eigenvalue weighted by molar-refractivity contribution is 8.05. The lowest BCUT2D eigenvalue weighted by Gasteiger charge is -2.28. The number of ketones is 1. The minimum Gasteiger partial charge on any atom is -0.289 e. The minimum absolute atomic E-state index is 0.127. The molecule has 0 unspecified atom stereocenters. The fraction of sp³-hybridized carbons (Fsp3) is 0.154. The van der Waals surface area contributed by atoms with E-state index in [0.717, 1.165) is 30.3 Å². The van der Waals surface area contributed by atoms with E-state index in [1.54, 1.807) is 0 Å². The van der Waals surface area contributed by atoms with Gasteiger partial charge >= 0.3 is 0 Å². The Morgan fingerprint density at radius 2 is 1.46 bits per heavy atom. The summed E-state index contributed by atoms with van der Waals surface area (Å²) in [7, 11) is -11.4. The molecule has 0 aromatic heterocycles. The van der Waals surface area contributed by atoms with Crippen molar-refractivity contribution in [2.75, 3.05) is 0 Å². The van der Waals surface area contributed by atoms with Gasteiger partial charge in [-0.1, -0.05) is 6.08 Å². The molecule has 0 bridgehead atoms. The van der Waals surface area contributed by atoms with E-state index < -0.39 is 53.7 Å². The van der Waals surface area contributed by atoms with Crippen molar-refractivity contribution in [2.24, 2.45) is 0 Å². The number of benzene rings is 1. The summed E-state index contributed by atoms with van der Waals surface area (Å²) >= 11 is 0. The van der Waals surface area contributed by atoms with E-state index in [1.807, 2.05) is 0 Å². The lowest BCUT2D eigenvalue weighted by Crippen LogP contribution is -2.48. The second kappa shape index (κ2) is 5.84. The smallest absolute Gasteiger partial charge is 0.289 e. The van der Waals surface area contributed by atoms with Gasteiger partial charge in [0.1, 0.15) is 11.6 Å². The molecule has 0 amide bonds. The zero-order chi connectivity index (χ0) is 18.3. The van der Waals surface area contributed by atoms with Crippen LogP contribution in [0.1, 0.15) is 16.8 Å². The zero-order valence-electron chi connectivity index (χ0n) is 11.7. The fourth-order valence-electron chi connectivity index (χ4n) is 2.20. The van der Waals surface area contributed by atoms with Gasteiger partial charge in [0, 0.05) is 17.6 Å². The molecule has 1 aromatic carbocycles. The average molecular weight is 380 g/mol. The second-order valence-corrected chi connectivity index (χ2v) is 8.47. The first-order chi connectivity index (χ1) is 10.9. The van der Waals surface area contributed by atoms with E-state index in [4.69, 9.17) is 9.11 Å². The maximum atomic E-state index is 14.0. The Morgan fingerprint density at radius 3 is 1.92 bits per heavy atom. The van der Waals surface area contributed by atoms with Crippen LogP contribution in [0.15, 0.2) is 47.8 Å². The third kappa shape index (κ3) is 2.90. The summed E-state index contributed by atoms with van der Waals surface area (Å²) in [5, 5.41) is 0. The number of hydrogen-bond acceptors (Lipinski definition) is 5. The van der Waals surface area contributed by atoms with Gasteiger partial charge in [-0.3, -0.25) is 13.9 Å². The maximum Gasteiger partial charge on any atom is 0.294 e. The van der Waals surface area contributed by atoms with E-state index in [2.05, 4.69) is 0 Å². The van der Waals surface area contributed by atoms with E-state index in [-0.39, 0.29) is 5.56 Å². The molecule has 0 fully saturated rings. The quantitative estimate of drug-likeness (QED) is 0.601. The topological polar surface area (TPSA) is 126 Å². The molecule has 0 radical (unpaired) electrons. The van der Waals surface area contributed by atoms with Gasteiger partial charge in [0.2, 0.25) is 0 Å². The standard InChI is InChI=1S/C13H10F2O7S2/c14-10-4-1-8(2-5-10)12(16)9-3-6-11(15)13(7-9,23(17,18)19)24(20,21)22/h1-6H,7H2,(H,17,18,19)(H,20,21,22). The number of carbonyl (C=O) groups excluding carboxylic acids is 1. The van der Waals surface area contributed by atoms with Crippen molar-refractivity contribution in [3.63, 3.8) is 0 Å². The summed E-state index contributed by atoms with van der Waals surface area (Å²) in [5.41, 5.74) is -0.642. The van der Waals surface area contributed by atoms with Crippen molar-refractivity contribution in [3.8, 4) is 0 Å². The largest absolute Gasteiger partial charge is 0.294 e. The van der Waals surface area contributed by atoms with Crippen molar-refractivity contribution in [2.45, 2.75) is 10.5 Å². The van der Waals surface area contributed by atoms with Crippen molar-refractivity contribution >= 4 is 26.0 Å². The van der Waals surface area contributed by atoms with Gasteiger partial charge in [-0.2, -0.15) is 16.8 Å². The molecule has 11 heteroatoms. The first-order valence-corrected chi connectivity index (χ1v) is 9.09. The molecule has 0 spiro atoms. The molecular formula is C13H10F2O7S2. The van der Waals surface area contributed by atoms with E-state index in [0.29, 0.717) is 6.08 Å².